The average molecular weight is 375 g/mol. The van der Waals surface area contributed by atoms with E-state index >= 15 is 0 Å². The molecule has 0 saturated heterocycles. The quantitative estimate of drug-likeness (QED) is 0.488. The van der Waals surface area contributed by atoms with Crippen molar-refractivity contribution in [1.82, 2.24) is 10.6 Å². The van der Waals surface area contributed by atoms with Gasteiger partial charge in [0.1, 0.15) is 18.5 Å². The summed E-state index contributed by atoms with van der Waals surface area (Å²) >= 11 is 3.33. The molecule has 0 aliphatic carbocycles. The van der Waals surface area contributed by atoms with Crippen molar-refractivity contribution >= 4 is 27.9 Å². The topological polar surface area (TPSA) is 108 Å². The van der Waals surface area contributed by atoms with Crippen LogP contribution in [-0.2, 0) is 4.79 Å². The van der Waals surface area contributed by atoms with Crippen LogP contribution < -0.4 is 15.4 Å². The molecule has 0 aromatic heterocycles. The highest BCUT2D eigenvalue weighted by molar-refractivity contribution is 9.10. The number of ether oxygens (including phenoxy) is 1. The van der Waals surface area contributed by atoms with Crippen LogP contribution in [0.25, 0.3) is 0 Å². The molecule has 0 bridgehead atoms. The highest BCUT2D eigenvalue weighted by Gasteiger charge is 2.09. The Morgan fingerprint density at radius 1 is 1.27 bits per heavy atom. The monoisotopic (exact) mass is 374 g/mol. The highest BCUT2D eigenvalue weighted by atomic mass is 79.9. The first-order chi connectivity index (χ1) is 10.5. The smallest absolute Gasteiger partial charge is 0.314 e. The zero-order chi connectivity index (χ0) is 16.4. The Labute approximate surface area is 136 Å². The molecule has 0 aliphatic rings. The predicted molar refractivity (Wildman–Crippen MR) is 83.9 cm³/mol. The van der Waals surface area contributed by atoms with Crippen LogP contribution in [0.15, 0.2) is 28.7 Å². The van der Waals surface area contributed by atoms with Crippen molar-refractivity contribution in [3.8, 4) is 5.75 Å². The molecule has 0 fully saturated rings. The van der Waals surface area contributed by atoms with Gasteiger partial charge < -0.3 is 25.6 Å². The van der Waals surface area contributed by atoms with Crippen LogP contribution in [0.4, 0.5) is 4.79 Å². The molecule has 0 spiro atoms. The largest absolute Gasteiger partial charge is 0.490 e. The summed E-state index contributed by atoms with van der Waals surface area (Å²) in [6, 6.07) is 6.80. The van der Waals surface area contributed by atoms with Gasteiger partial charge in [-0.2, -0.15) is 0 Å². The second kappa shape index (κ2) is 10.0. The fourth-order valence-electron chi connectivity index (χ4n) is 1.52. The number of carbonyl (C=O) groups is 2. The van der Waals surface area contributed by atoms with Crippen molar-refractivity contribution in [2.75, 3.05) is 19.7 Å². The molecule has 1 unspecified atom stereocenters. The molecule has 7 nitrogen and oxygen atoms in total. The second-order valence-electron chi connectivity index (χ2n) is 4.53. The standard InChI is InChI=1S/C14H19BrN2O5/c15-11-4-1-2-5-12(11)22-9-10(18)8-17-14(21)16-7-3-6-13(19)20/h1-2,4-5,10,18H,3,6-9H2,(H,19,20)(H2,16,17,21). The fraction of sp³-hybridized carbons (Fsp3) is 0.429. The van der Waals surface area contributed by atoms with Crippen LogP contribution in [0.1, 0.15) is 12.8 Å². The Kier molecular flexibility index (Phi) is 8.31. The number of benzene rings is 1. The van der Waals surface area contributed by atoms with Crippen LogP contribution in [0.2, 0.25) is 0 Å². The summed E-state index contributed by atoms with van der Waals surface area (Å²) in [4.78, 5) is 21.7. The number of para-hydroxylation sites is 1. The van der Waals surface area contributed by atoms with Crippen molar-refractivity contribution < 1.29 is 24.5 Å². The molecular weight excluding hydrogens is 356 g/mol. The van der Waals surface area contributed by atoms with E-state index < -0.39 is 18.1 Å². The number of rotatable bonds is 9. The summed E-state index contributed by atoms with van der Waals surface area (Å²) in [5.41, 5.74) is 0. The minimum Gasteiger partial charge on any atom is -0.490 e. The minimum absolute atomic E-state index is 0.00268. The van der Waals surface area contributed by atoms with Gasteiger partial charge in [0.25, 0.3) is 0 Å². The lowest BCUT2D eigenvalue weighted by molar-refractivity contribution is -0.137. The number of nitrogens with one attached hydrogen (secondary N) is 2. The van der Waals surface area contributed by atoms with E-state index in [1.165, 1.54) is 0 Å². The van der Waals surface area contributed by atoms with Crippen LogP contribution in [0.5, 0.6) is 5.75 Å². The third kappa shape index (κ3) is 7.84. The third-order valence-electron chi connectivity index (χ3n) is 2.62. The fourth-order valence-corrected chi connectivity index (χ4v) is 1.92. The Hall–Kier alpha value is -1.80. The molecule has 2 amide bonds. The van der Waals surface area contributed by atoms with E-state index in [4.69, 9.17) is 9.84 Å². The van der Waals surface area contributed by atoms with Crippen LogP contribution >= 0.6 is 15.9 Å². The Morgan fingerprint density at radius 3 is 2.68 bits per heavy atom. The van der Waals surface area contributed by atoms with E-state index in [1.807, 2.05) is 18.2 Å². The number of amides is 2. The summed E-state index contributed by atoms with van der Waals surface area (Å²) in [6.45, 7) is 0.346. The molecule has 4 N–H and O–H groups in total. The summed E-state index contributed by atoms with van der Waals surface area (Å²) in [7, 11) is 0. The highest BCUT2D eigenvalue weighted by Crippen LogP contribution is 2.23. The van der Waals surface area contributed by atoms with Gasteiger partial charge in [-0.25, -0.2) is 4.79 Å². The lowest BCUT2D eigenvalue weighted by Gasteiger charge is -2.14. The molecule has 22 heavy (non-hydrogen) atoms. The maximum Gasteiger partial charge on any atom is 0.314 e. The SMILES string of the molecule is O=C(O)CCCNC(=O)NCC(O)COc1ccccc1Br. The average Bonchev–Trinajstić information content (AvgIpc) is 2.48. The summed E-state index contributed by atoms with van der Waals surface area (Å²) < 4.78 is 6.21. The lowest BCUT2D eigenvalue weighted by atomic mass is 10.3. The van der Waals surface area contributed by atoms with E-state index in [0.29, 0.717) is 12.2 Å². The van der Waals surface area contributed by atoms with Gasteiger partial charge in [-0.05, 0) is 34.5 Å². The van der Waals surface area contributed by atoms with Gasteiger partial charge >= 0.3 is 12.0 Å². The normalized spacial score (nSPS) is 11.5. The number of urea groups is 1. The Morgan fingerprint density at radius 2 is 2.00 bits per heavy atom. The van der Waals surface area contributed by atoms with Gasteiger partial charge in [-0.3, -0.25) is 4.79 Å². The summed E-state index contributed by atoms with van der Waals surface area (Å²) in [5, 5.41) is 23.2. The molecule has 1 aromatic carbocycles. The molecule has 1 atom stereocenters. The number of halogens is 1. The van der Waals surface area contributed by atoms with Gasteiger partial charge in [0.2, 0.25) is 0 Å². The number of aliphatic carboxylic acids is 1. The first-order valence-electron chi connectivity index (χ1n) is 6.78. The van der Waals surface area contributed by atoms with Gasteiger partial charge in [0.15, 0.2) is 0 Å². The number of carboxylic acid groups (broad SMARTS) is 1. The number of aliphatic hydroxyl groups is 1. The molecule has 1 rings (SSSR count). The maximum absolute atomic E-state index is 11.4. The number of carbonyl (C=O) groups excluding carboxylic acids is 1. The van der Waals surface area contributed by atoms with E-state index in [1.54, 1.807) is 6.07 Å². The molecule has 0 aliphatic heterocycles. The Balaban J connectivity index is 2.14. The van der Waals surface area contributed by atoms with Crippen LogP contribution in [0, 0.1) is 0 Å². The van der Waals surface area contributed by atoms with Crippen LogP contribution in [0.3, 0.4) is 0 Å². The number of hydrogen-bond acceptors (Lipinski definition) is 4. The van der Waals surface area contributed by atoms with Gasteiger partial charge in [-0.15, -0.1) is 0 Å². The zero-order valence-corrected chi connectivity index (χ0v) is 13.5. The first kappa shape index (κ1) is 18.2. The van der Waals surface area contributed by atoms with Crippen LogP contribution in [-0.4, -0.2) is 48.0 Å². The third-order valence-corrected chi connectivity index (χ3v) is 3.27. The van der Waals surface area contributed by atoms with Crippen molar-refractivity contribution in [2.45, 2.75) is 18.9 Å². The zero-order valence-electron chi connectivity index (χ0n) is 11.9. The molecule has 8 heteroatoms. The van der Waals surface area contributed by atoms with Gasteiger partial charge in [0.05, 0.1) is 4.47 Å². The van der Waals surface area contributed by atoms with E-state index in [9.17, 15) is 14.7 Å². The minimum atomic E-state index is -0.901. The van der Waals surface area contributed by atoms with Gasteiger partial charge in [0, 0.05) is 19.5 Å². The summed E-state index contributed by atoms with van der Waals surface area (Å²) in [5.74, 6) is -0.290. The Bertz CT molecular complexity index is 498. The number of aliphatic hydroxyl groups excluding tert-OH is 1. The molecule has 1 aromatic rings. The molecule has 0 heterocycles. The van der Waals surface area contributed by atoms with E-state index in [-0.39, 0.29) is 26.1 Å². The first-order valence-corrected chi connectivity index (χ1v) is 7.57. The molecule has 122 valence electrons. The van der Waals surface area contributed by atoms with Crippen molar-refractivity contribution in [2.24, 2.45) is 0 Å². The molecule has 0 radical (unpaired) electrons. The van der Waals surface area contributed by atoms with Gasteiger partial charge in [-0.1, -0.05) is 12.1 Å². The van der Waals surface area contributed by atoms with E-state index in [2.05, 4.69) is 26.6 Å². The second-order valence-corrected chi connectivity index (χ2v) is 5.38. The molecular formula is C14H19BrN2O5. The summed E-state index contributed by atoms with van der Waals surface area (Å²) in [6.07, 6.45) is -0.490. The van der Waals surface area contributed by atoms with Crippen molar-refractivity contribution in [3.63, 3.8) is 0 Å². The molecule has 0 saturated carbocycles. The van der Waals surface area contributed by atoms with Crippen molar-refractivity contribution in [3.05, 3.63) is 28.7 Å². The number of hydrogen-bond donors (Lipinski definition) is 4. The van der Waals surface area contributed by atoms with Crippen molar-refractivity contribution in [1.29, 1.82) is 0 Å². The van der Waals surface area contributed by atoms with E-state index in [0.717, 1.165) is 4.47 Å². The number of carboxylic acids is 1. The lowest BCUT2D eigenvalue weighted by Crippen LogP contribution is -2.41. The maximum atomic E-state index is 11.4. The predicted octanol–water partition coefficient (Wildman–Crippen LogP) is 1.35.